The lowest BCUT2D eigenvalue weighted by Gasteiger charge is -2.43. The standard InChI is InChI=1S/C20H22N2O3/c1-2-25-18(23)16-11-6-7-12-17(16)21-19(24)22-20(13-8-14-20)15-9-4-3-5-10-15/h3-7,9-12H,2,8,13-14H2,1H3,(H2,21,22,24). The average molecular weight is 338 g/mol. The second kappa shape index (κ2) is 7.38. The Labute approximate surface area is 147 Å². The maximum absolute atomic E-state index is 12.6. The number of rotatable bonds is 5. The van der Waals surface area contributed by atoms with Crippen molar-refractivity contribution >= 4 is 17.7 Å². The Bertz CT molecular complexity index is 755. The smallest absolute Gasteiger partial charge is 0.340 e. The Morgan fingerprint density at radius 2 is 1.72 bits per heavy atom. The molecule has 0 heterocycles. The monoisotopic (exact) mass is 338 g/mol. The van der Waals surface area contributed by atoms with E-state index < -0.39 is 5.97 Å². The summed E-state index contributed by atoms with van der Waals surface area (Å²) in [5, 5.41) is 5.88. The molecular weight excluding hydrogens is 316 g/mol. The van der Waals surface area contributed by atoms with Gasteiger partial charge in [0.2, 0.25) is 0 Å². The quantitative estimate of drug-likeness (QED) is 0.808. The van der Waals surface area contributed by atoms with Crippen LogP contribution in [0, 0.1) is 0 Å². The molecule has 1 fully saturated rings. The van der Waals surface area contributed by atoms with Crippen molar-refractivity contribution in [3.8, 4) is 0 Å². The summed E-state index contributed by atoms with van der Waals surface area (Å²) in [6.07, 6.45) is 2.89. The van der Waals surface area contributed by atoms with Crippen molar-refractivity contribution in [2.24, 2.45) is 0 Å². The molecular formula is C20H22N2O3. The van der Waals surface area contributed by atoms with Gasteiger partial charge in [-0.15, -0.1) is 0 Å². The normalized spacial score (nSPS) is 14.9. The van der Waals surface area contributed by atoms with Gasteiger partial charge in [0.15, 0.2) is 0 Å². The first-order valence-electron chi connectivity index (χ1n) is 8.55. The molecule has 0 atom stereocenters. The van der Waals surface area contributed by atoms with E-state index in [1.54, 1.807) is 31.2 Å². The van der Waals surface area contributed by atoms with Crippen LogP contribution in [0.4, 0.5) is 10.5 Å². The molecule has 2 aromatic carbocycles. The third-order valence-electron chi connectivity index (χ3n) is 4.56. The zero-order valence-corrected chi connectivity index (χ0v) is 14.2. The number of esters is 1. The van der Waals surface area contributed by atoms with Gasteiger partial charge in [-0.1, -0.05) is 42.5 Å². The van der Waals surface area contributed by atoms with Crippen LogP contribution in [-0.4, -0.2) is 18.6 Å². The van der Waals surface area contributed by atoms with Crippen molar-refractivity contribution in [2.75, 3.05) is 11.9 Å². The van der Waals surface area contributed by atoms with Crippen LogP contribution in [0.15, 0.2) is 54.6 Å². The Balaban J connectivity index is 1.74. The van der Waals surface area contributed by atoms with Gasteiger partial charge in [0.25, 0.3) is 0 Å². The van der Waals surface area contributed by atoms with Gasteiger partial charge in [0.1, 0.15) is 0 Å². The van der Waals surface area contributed by atoms with E-state index in [2.05, 4.69) is 10.6 Å². The largest absolute Gasteiger partial charge is 0.462 e. The number of urea groups is 1. The van der Waals surface area contributed by atoms with E-state index in [-0.39, 0.29) is 18.2 Å². The van der Waals surface area contributed by atoms with Gasteiger partial charge in [0, 0.05) is 0 Å². The van der Waals surface area contributed by atoms with Crippen LogP contribution < -0.4 is 10.6 Å². The van der Waals surface area contributed by atoms with E-state index in [0.717, 1.165) is 24.8 Å². The van der Waals surface area contributed by atoms with E-state index in [4.69, 9.17) is 4.74 Å². The van der Waals surface area contributed by atoms with Crippen LogP contribution in [0.3, 0.4) is 0 Å². The van der Waals surface area contributed by atoms with E-state index in [1.807, 2.05) is 30.3 Å². The van der Waals surface area contributed by atoms with Crippen LogP contribution in [0.1, 0.15) is 42.1 Å². The Morgan fingerprint density at radius 1 is 1.04 bits per heavy atom. The zero-order valence-electron chi connectivity index (χ0n) is 14.2. The molecule has 5 heteroatoms. The number of para-hydroxylation sites is 1. The summed E-state index contributed by atoms with van der Waals surface area (Å²) in [5.74, 6) is -0.445. The summed E-state index contributed by atoms with van der Waals surface area (Å²) in [7, 11) is 0. The average Bonchev–Trinajstić information content (AvgIpc) is 2.59. The molecule has 0 aliphatic heterocycles. The fourth-order valence-corrected chi connectivity index (χ4v) is 3.12. The summed E-state index contributed by atoms with van der Waals surface area (Å²) in [6, 6.07) is 16.5. The van der Waals surface area contributed by atoms with Crippen LogP contribution >= 0.6 is 0 Å². The van der Waals surface area contributed by atoms with E-state index in [9.17, 15) is 9.59 Å². The van der Waals surface area contributed by atoms with Gasteiger partial charge in [-0.05, 0) is 43.9 Å². The number of ether oxygens (including phenoxy) is 1. The number of nitrogens with one attached hydrogen (secondary N) is 2. The summed E-state index contributed by atoms with van der Waals surface area (Å²) < 4.78 is 5.04. The molecule has 2 aromatic rings. The van der Waals surface area contributed by atoms with Gasteiger partial charge in [-0.3, -0.25) is 0 Å². The molecule has 0 saturated heterocycles. The van der Waals surface area contributed by atoms with Gasteiger partial charge in [0.05, 0.1) is 23.4 Å². The molecule has 1 saturated carbocycles. The van der Waals surface area contributed by atoms with E-state index in [1.165, 1.54) is 0 Å². The number of amides is 2. The molecule has 25 heavy (non-hydrogen) atoms. The lowest BCUT2D eigenvalue weighted by atomic mass is 9.72. The highest BCUT2D eigenvalue weighted by Gasteiger charge is 2.40. The first kappa shape index (κ1) is 17.0. The molecule has 0 spiro atoms. The van der Waals surface area contributed by atoms with Gasteiger partial charge in [-0.25, -0.2) is 9.59 Å². The van der Waals surface area contributed by atoms with Crippen LogP contribution in [0.5, 0.6) is 0 Å². The number of carbonyl (C=O) groups excluding carboxylic acids is 2. The Kier molecular flexibility index (Phi) is 5.03. The molecule has 0 radical (unpaired) electrons. The fourth-order valence-electron chi connectivity index (χ4n) is 3.12. The predicted octanol–water partition coefficient (Wildman–Crippen LogP) is 4.06. The highest BCUT2D eigenvalue weighted by molar-refractivity contribution is 6.01. The summed E-state index contributed by atoms with van der Waals surface area (Å²) in [5.41, 5.74) is 1.57. The van der Waals surface area contributed by atoms with Crippen molar-refractivity contribution in [1.29, 1.82) is 0 Å². The van der Waals surface area contributed by atoms with E-state index in [0.29, 0.717) is 11.3 Å². The number of hydrogen-bond donors (Lipinski definition) is 2. The molecule has 2 N–H and O–H groups in total. The maximum atomic E-state index is 12.6. The van der Waals surface area contributed by atoms with Crippen molar-refractivity contribution < 1.29 is 14.3 Å². The lowest BCUT2D eigenvalue weighted by molar-refractivity contribution is 0.0527. The molecule has 1 aliphatic carbocycles. The van der Waals surface area contributed by atoms with Crippen LogP contribution in [-0.2, 0) is 10.3 Å². The third kappa shape index (κ3) is 3.65. The van der Waals surface area contributed by atoms with E-state index >= 15 is 0 Å². The SMILES string of the molecule is CCOC(=O)c1ccccc1NC(=O)NC1(c2ccccc2)CCC1. The van der Waals surface area contributed by atoms with Crippen molar-refractivity contribution in [3.05, 3.63) is 65.7 Å². The minimum atomic E-state index is -0.445. The molecule has 130 valence electrons. The minimum absolute atomic E-state index is 0.288. The number of hydrogen-bond acceptors (Lipinski definition) is 3. The highest BCUT2D eigenvalue weighted by atomic mass is 16.5. The second-order valence-electron chi connectivity index (χ2n) is 6.15. The molecule has 0 bridgehead atoms. The maximum Gasteiger partial charge on any atom is 0.340 e. The van der Waals surface area contributed by atoms with Crippen molar-refractivity contribution in [2.45, 2.75) is 31.7 Å². The molecule has 0 unspecified atom stereocenters. The highest BCUT2D eigenvalue weighted by Crippen LogP contribution is 2.41. The number of benzene rings is 2. The minimum Gasteiger partial charge on any atom is -0.462 e. The van der Waals surface area contributed by atoms with Gasteiger partial charge >= 0.3 is 12.0 Å². The molecule has 0 aromatic heterocycles. The summed E-state index contributed by atoms with van der Waals surface area (Å²) in [4.78, 5) is 24.6. The first-order valence-corrected chi connectivity index (χ1v) is 8.55. The first-order chi connectivity index (χ1) is 12.1. The van der Waals surface area contributed by atoms with Crippen molar-refractivity contribution in [1.82, 2.24) is 5.32 Å². The zero-order chi connectivity index (χ0) is 17.7. The molecule has 1 aliphatic rings. The third-order valence-corrected chi connectivity index (χ3v) is 4.56. The summed E-state index contributed by atoms with van der Waals surface area (Å²) in [6.45, 7) is 2.04. The Hall–Kier alpha value is -2.82. The van der Waals surface area contributed by atoms with Crippen LogP contribution in [0.25, 0.3) is 0 Å². The number of carbonyl (C=O) groups is 2. The number of anilines is 1. The van der Waals surface area contributed by atoms with Gasteiger partial charge < -0.3 is 15.4 Å². The second-order valence-corrected chi connectivity index (χ2v) is 6.15. The Morgan fingerprint density at radius 3 is 2.36 bits per heavy atom. The summed E-state index contributed by atoms with van der Waals surface area (Å²) >= 11 is 0. The predicted molar refractivity (Wildman–Crippen MR) is 96.5 cm³/mol. The lowest BCUT2D eigenvalue weighted by Crippen LogP contribution is -2.52. The molecule has 3 rings (SSSR count). The topological polar surface area (TPSA) is 67.4 Å². The molecule has 2 amide bonds. The fraction of sp³-hybridized carbons (Fsp3) is 0.300. The molecule has 5 nitrogen and oxygen atoms in total. The van der Waals surface area contributed by atoms with Gasteiger partial charge in [-0.2, -0.15) is 0 Å². The van der Waals surface area contributed by atoms with Crippen molar-refractivity contribution in [3.63, 3.8) is 0 Å². The van der Waals surface area contributed by atoms with Crippen LogP contribution in [0.2, 0.25) is 0 Å².